The van der Waals surface area contributed by atoms with Crippen molar-refractivity contribution in [1.82, 2.24) is 0 Å². The molecule has 0 amide bonds. The molecule has 0 unspecified atom stereocenters. The number of nitro groups is 1. The molecule has 2 rings (SSSR count). The first kappa shape index (κ1) is 25.1. The van der Waals surface area contributed by atoms with Crippen LogP contribution in [0.2, 0.25) is 0 Å². The van der Waals surface area contributed by atoms with Gasteiger partial charge >= 0.3 is 0 Å². The Morgan fingerprint density at radius 2 is 1.32 bits per heavy atom. The van der Waals surface area contributed by atoms with E-state index in [1.54, 1.807) is 12.1 Å². The minimum absolute atomic E-state index is 0.0274. The summed E-state index contributed by atoms with van der Waals surface area (Å²) in [6.45, 7) is 4.45. The average molecular weight is 542 g/mol. The van der Waals surface area contributed by atoms with Crippen LogP contribution in [0.3, 0.4) is 0 Å². The smallest absolute Gasteiger partial charge is 0.269 e. The van der Waals surface area contributed by atoms with Gasteiger partial charge in [0.05, 0.1) is 55.9 Å². The van der Waals surface area contributed by atoms with E-state index in [4.69, 9.17) is 14.2 Å². The molecule has 0 aromatic heterocycles. The Morgan fingerprint density at radius 1 is 0.839 bits per heavy atom. The fourth-order valence-electron chi connectivity index (χ4n) is 2.46. The number of azo groups is 1. The van der Waals surface area contributed by atoms with Gasteiger partial charge in [-0.2, -0.15) is 10.2 Å². The highest BCUT2D eigenvalue weighted by atomic mass is 127. The Bertz CT molecular complexity index is 802. The van der Waals surface area contributed by atoms with Crippen LogP contribution in [-0.2, 0) is 14.2 Å². The summed E-state index contributed by atoms with van der Waals surface area (Å²) >= 11 is 2.27. The lowest BCUT2D eigenvalue weighted by atomic mass is 10.2. The van der Waals surface area contributed by atoms with Crippen LogP contribution in [0, 0.1) is 10.1 Å². The molecule has 0 aliphatic carbocycles. The number of ether oxygens (including phenoxy) is 3. The van der Waals surface area contributed by atoms with Crippen molar-refractivity contribution in [1.29, 1.82) is 0 Å². The third-order valence-electron chi connectivity index (χ3n) is 4.17. The highest BCUT2D eigenvalue weighted by molar-refractivity contribution is 14.1. The maximum atomic E-state index is 10.7. The molecular formula is C21H27IN4O5. The lowest BCUT2D eigenvalue weighted by molar-refractivity contribution is -0.384. The monoisotopic (exact) mass is 542 g/mol. The number of hydrogen-bond donors (Lipinski definition) is 0. The van der Waals surface area contributed by atoms with Crippen LogP contribution in [0.5, 0.6) is 0 Å². The number of anilines is 1. The third kappa shape index (κ3) is 10.1. The van der Waals surface area contributed by atoms with Crippen molar-refractivity contribution in [2.75, 3.05) is 62.6 Å². The zero-order valence-electron chi connectivity index (χ0n) is 17.5. The second-order valence-corrected chi connectivity index (χ2v) is 7.52. The molecule has 0 saturated carbocycles. The van der Waals surface area contributed by atoms with Crippen molar-refractivity contribution in [2.45, 2.75) is 0 Å². The van der Waals surface area contributed by atoms with Gasteiger partial charge in [-0.15, -0.1) is 0 Å². The van der Waals surface area contributed by atoms with E-state index in [0.29, 0.717) is 44.4 Å². The van der Waals surface area contributed by atoms with Crippen LogP contribution in [-0.4, -0.2) is 62.6 Å². The molecule has 2 aromatic carbocycles. The van der Waals surface area contributed by atoms with Gasteiger partial charge in [0.1, 0.15) is 0 Å². The molecule has 0 aliphatic rings. The molecule has 31 heavy (non-hydrogen) atoms. The van der Waals surface area contributed by atoms with E-state index < -0.39 is 4.92 Å². The molecule has 168 valence electrons. The molecule has 10 heteroatoms. The van der Waals surface area contributed by atoms with Crippen molar-refractivity contribution in [2.24, 2.45) is 10.2 Å². The third-order valence-corrected chi connectivity index (χ3v) is 4.61. The maximum absolute atomic E-state index is 10.7. The minimum atomic E-state index is -0.445. The Kier molecular flexibility index (Phi) is 12.0. The summed E-state index contributed by atoms with van der Waals surface area (Å²) in [5.41, 5.74) is 2.33. The number of alkyl halides is 1. The summed E-state index contributed by atoms with van der Waals surface area (Å²) in [4.78, 5) is 12.3. The van der Waals surface area contributed by atoms with Gasteiger partial charge in [-0.25, -0.2) is 0 Å². The largest absolute Gasteiger partial charge is 0.378 e. The number of nitrogens with zero attached hydrogens (tertiary/aromatic N) is 4. The predicted molar refractivity (Wildman–Crippen MR) is 128 cm³/mol. The van der Waals surface area contributed by atoms with E-state index in [1.165, 1.54) is 12.1 Å². The molecule has 0 spiro atoms. The number of likely N-dealkylation sites (N-methyl/N-ethyl adjacent to an activating group) is 1. The number of rotatable bonds is 15. The molecule has 0 fully saturated rings. The SMILES string of the molecule is CN(CCOCCOCCOCCI)c1ccc(N=Nc2ccc([N+](=O)[O-])cc2)cc1. The summed E-state index contributed by atoms with van der Waals surface area (Å²) < 4.78 is 17.4. The van der Waals surface area contributed by atoms with Gasteiger partial charge in [0.15, 0.2) is 0 Å². The second kappa shape index (κ2) is 14.8. The van der Waals surface area contributed by atoms with Crippen LogP contribution in [0.15, 0.2) is 58.8 Å². The van der Waals surface area contributed by atoms with E-state index in [0.717, 1.165) is 23.3 Å². The quantitative estimate of drug-likeness (QED) is 0.0791. The summed E-state index contributed by atoms with van der Waals surface area (Å²) in [5, 5.41) is 18.9. The van der Waals surface area contributed by atoms with E-state index in [2.05, 4.69) is 37.7 Å². The molecule has 0 radical (unpaired) electrons. The van der Waals surface area contributed by atoms with Crippen molar-refractivity contribution >= 4 is 45.3 Å². The van der Waals surface area contributed by atoms with Crippen molar-refractivity contribution in [3.05, 3.63) is 58.6 Å². The fourth-order valence-corrected chi connectivity index (χ4v) is 2.77. The molecule has 0 saturated heterocycles. The molecule has 0 atom stereocenters. The van der Waals surface area contributed by atoms with Gasteiger partial charge < -0.3 is 19.1 Å². The molecule has 9 nitrogen and oxygen atoms in total. The van der Waals surface area contributed by atoms with Crippen LogP contribution >= 0.6 is 22.6 Å². The van der Waals surface area contributed by atoms with Crippen molar-refractivity contribution in [3.8, 4) is 0 Å². The van der Waals surface area contributed by atoms with Crippen LogP contribution in [0.4, 0.5) is 22.7 Å². The summed E-state index contributed by atoms with van der Waals surface area (Å²) in [6.07, 6.45) is 0. The van der Waals surface area contributed by atoms with Gasteiger partial charge in [0, 0.05) is 35.8 Å². The number of halogens is 1. The van der Waals surface area contributed by atoms with Gasteiger partial charge in [-0.3, -0.25) is 10.1 Å². The van der Waals surface area contributed by atoms with E-state index in [1.807, 2.05) is 31.3 Å². The van der Waals surface area contributed by atoms with Crippen LogP contribution < -0.4 is 4.90 Å². The standard InChI is InChI=1S/C21H27IN4O5/c1-25(11-13-30-15-17-31-16-14-29-12-10-22)20-6-2-18(3-7-20)23-24-19-4-8-21(9-5-19)26(27)28/h2-9H,10-17H2,1H3. The predicted octanol–water partition coefficient (Wildman–Crippen LogP) is 4.93. The molecule has 0 bridgehead atoms. The summed E-state index contributed by atoms with van der Waals surface area (Å²) in [5.74, 6) is 0. The first-order valence-corrected chi connectivity index (χ1v) is 11.4. The minimum Gasteiger partial charge on any atom is -0.378 e. The lowest BCUT2D eigenvalue weighted by Crippen LogP contribution is -2.23. The Labute approximate surface area is 195 Å². The Morgan fingerprint density at radius 3 is 1.84 bits per heavy atom. The van der Waals surface area contributed by atoms with Gasteiger partial charge in [0.2, 0.25) is 0 Å². The molecule has 0 aliphatic heterocycles. The Balaban J connectivity index is 1.66. The van der Waals surface area contributed by atoms with E-state index >= 15 is 0 Å². The number of nitro benzene ring substituents is 1. The first-order valence-electron chi connectivity index (χ1n) is 9.87. The Hall–Kier alpha value is -2.15. The van der Waals surface area contributed by atoms with Crippen molar-refractivity contribution < 1.29 is 19.1 Å². The maximum Gasteiger partial charge on any atom is 0.269 e. The number of hydrogen-bond acceptors (Lipinski definition) is 8. The highest BCUT2D eigenvalue weighted by Crippen LogP contribution is 2.23. The van der Waals surface area contributed by atoms with Crippen LogP contribution in [0.25, 0.3) is 0 Å². The zero-order chi connectivity index (χ0) is 22.3. The molecule has 0 heterocycles. The fraction of sp³-hybridized carbons (Fsp3) is 0.429. The zero-order valence-corrected chi connectivity index (χ0v) is 19.6. The molecular weight excluding hydrogens is 515 g/mol. The van der Waals surface area contributed by atoms with E-state index in [9.17, 15) is 10.1 Å². The lowest BCUT2D eigenvalue weighted by Gasteiger charge is -2.19. The topological polar surface area (TPSA) is 98.8 Å². The summed E-state index contributed by atoms with van der Waals surface area (Å²) in [7, 11) is 2.00. The molecule has 0 N–H and O–H groups in total. The number of benzene rings is 2. The van der Waals surface area contributed by atoms with Crippen LogP contribution in [0.1, 0.15) is 0 Å². The van der Waals surface area contributed by atoms with E-state index in [-0.39, 0.29) is 5.69 Å². The second-order valence-electron chi connectivity index (χ2n) is 6.44. The first-order chi connectivity index (χ1) is 15.1. The van der Waals surface area contributed by atoms with Gasteiger partial charge in [0.25, 0.3) is 5.69 Å². The van der Waals surface area contributed by atoms with Gasteiger partial charge in [-0.05, 0) is 36.4 Å². The summed E-state index contributed by atoms with van der Waals surface area (Å²) in [6, 6.07) is 13.6. The normalized spacial score (nSPS) is 11.2. The average Bonchev–Trinajstić information content (AvgIpc) is 2.79. The van der Waals surface area contributed by atoms with Crippen molar-refractivity contribution in [3.63, 3.8) is 0 Å². The molecule has 2 aromatic rings. The van der Waals surface area contributed by atoms with Gasteiger partial charge in [-0.1, -0.05) is 22.6 Å². The number of non-ortho nitro benzene ring substituents is 1. The highest BCUT2D eigenvalue weighted by Gasteiger charge is 2.04.